The number of rotatable bonds is 6. The van der Waals surface area contributed by atoms with E-state index in [4.69, 9.17) is 14.2 Å². The number of esters is 3. The van der Waals surface area contributed by atoms with Crippen LogP contribution in [0.4, 0.5) is 0 Å². The summed E-state index contributed by atoms with van der Waals surface area (Å²) in [6, 6.07) is 25.0. The molecule has 0 spiro atoms. The second kappa shape index (κ2) is 10.9. The Hall–Kier alpha value is -4.01. The Labute approximate surface area is 214 Å². The molecular formula is C29H27NO7. The van der Waals surface area contributed by atoms with Gasteiger partial charge in [-0.05, 0) is 42.8 Å². The summed E-state index contributed by atoms with van der Waals surface area (Å²) in [6.45, 7) is 0.728. The Balaban J connectivity index is 1.38. The number of piperidine rings is 1. The molecule has 2 fully saturated rings. The van der Waals surface area contributed by atoms with E-state index in [1.165, 1.54) is 0 Å². The van der Waals surface area contributed by atoms with Gasteiger partial charge in [0.05, 0.1) is 22.7 Å². The van der Waals surface area contributed by atoms with Crippen molar-refractivity contribution < 1.29 is 33.7 Å². The van der Waals surface area contributed by atoms with Crippen LogP contribution in [-0.4, -0.2) is 71.5 Å². The molecule has 1 N–H and O–H groups in total. The standard InChI is InChI=1S/C29H27NO7/c31-25-23(36-28(33)20-12-6-2-7-13-20)18-30-17-16-22(35-27(32)19-10-4-1-5-11-19)24(30)26(25)37-29(34)21-14-8-3-9-15-21/h1-15,22-26,31H,16-18H2/t22-,23-,24+,25+,26+/m0/s1. The average molecular weight is 502 g/mol. The van der Waals surface area contributed by atoms with Crippen LogP contribution in [0.15, 0.2) is 91.0 Å². The van der Waals surface area contributed by atoms with Crippen molar-refractivity contribution in [3.8, 4) is 0 Å². The summed E-state index contributed by atoms with van der Waals surface area (Å²) in [6.07, 6.45) is -3.50. The Morgan fingerprint density at radius 3 is 1.57 bits per heavy atom. The number of aliphatic hydroxyl groups is 1. The van der Waals surface area contributed by atoms with Crippen LogP contribution in [0.25, 0.3) is 0 Å². The minimum Gasteiger partial charge on any atom is -0.457 e. The van der Waals surface area contributed by atoms with Crippen LogP contribution >= 0.6 is 0 Å². The maximum Gasteiger partial charge on any atom is 0.338 e. The average Bonchev–Trinajstić information content (AvgIpc) is 3.34. The molecule has 0 radical (unpaired) electrons. The highest BCUT2D eigenvalue weighted by atomic mass is 16.6. The lowest BCUT2D eigenvalue weighted by Gasteiger charge is -2.44. The lowest BCUT2D eigenvalue weighted by molar-refractivity contribution is -0.147. The molecule has 190 valence electrons. The molecular weight excluding hydrogens is 474 g/mol. The van der Waals surface area contributed by atoms with E-state index in [0.29, 0.717) is 29.7 Å². The summed E-state index contributed by atoms with van der Waals surface area (Å²) in [7, 11) is 0. The molecule has 5 atom stereocenters. The Kier molecular flexibility index (Phi) is 7.30. The molecule has 2 heterocycles. The molecule has 2 aliphatic heterocycles. The molecule has 37 heavy (non-hydrogen) atoms. The second-order valence-corrected chi connectivity index (χ2v) is 9.12. The van der Waals surface area contributed by atoms with Gasteiger partial charge in [-0.25, -0.2) is 14.4 Å². The quantitative estimate of drug-likeness (QED) is 0.406. The number of carbonyl (C=O) groups excluding carboxylic acids is 3. The van der Waals surface area contributed by atoms with Gasteiger partial charge < -0.3 is 19.3 Å². The monoisotopic (exact) mass is 501 g/mol. The highest BCUT2D eigenvalue weighted by Gasteiger charge is 2.53. The van der Waals surface area contributed by atoms with Crippen molar-refractivity contribution >= 4 is 17.9 Å². The van der Waals surface area contributed by atoms with Gasteiger partial charge in [0.15, 0.2) is 6.10 Å². The van der Waals surface area contributed by atoms with Gasteiger partial charge in [0.1, 0.15) is 18.3 Å². The lowest BCUT2D eigenvalue weighted by atomic mass is 9.92. The fraction of sp³-hybridized carbons (Fsp3) is 0.276. The third-order valence-electron chi connectivity index (χ3n) is 6.76. The molecule has 0 aliphatic carbocycles. The molecule has 5 rings (SSSR count). The van der Waals surface area contributed by atoms with Crippen molar-refractivity contribution in [3.63, 3.8) is 0 Å². The SMILES string of the molecule is O=C(O[C@H]1[C@H](O)[C@@H](OC(=O)c2ccccc2)CN2CC[C@H](OC(=O)c3ccccc3)[C@H]12)c1ccccc1. The van der Waals surface area contributed by atoms with E-state index in [2.05, 4.69) is 0 Å². The first kappa shape index (κ1) is 24.7. The normalized spacial score (nSPS) is 25.1. The number of benzene rings is 3. The maximum absolute atomic E-state index is 13.0. The third kappa shape index (κ3) is 5.40. The van der Waals surface area contributed by atoms with Crippen molar-refractivity contribution in [3.05, 3.63) is 108 Å². The molecule has 2 saturated heterocycles. The van der Waals surface area contributed by atoms with Crippen LogP contribution < -0.4 is 0 Å². The largest absolute Gasteiger partial charge is 0.457 e. The summed E-state index contributed by atoms with van der Waals surface area (Å²) in [5.74, 6) is -1.70. The minimum atomic E-state index is -1.32. The summed E-state index contributed by atoms with van der Waals surface area (Å²) < 4.78 is 17.3. The summed E-state index contributed by atoms with van der Waals surface area (Å²) in [5, 5.41) is 11.3. The van der Waals surface area contributed by atoms with E-state index in [1.807, 2.05) is 11.0 Å². The summed E-state index contributed by atoms with van der Waals surface area (Å²) >= 11 is 0. The zero-order chi connectivity index (χ0) is 25.8. The molecule has 8 nitrogen and oxygen atoms in total. The fourth-order valence-electron chi connectivity index (χ4n) is 4.93. The van der Waals surface area contributed by atoms with E-state index in [0.717, 1.165) is 0 Å². The van der Waals surface area contributed by atoms with E-state index in [1.54, 1.807) is 84.9 Å². The molecule has 8 heteroatoms. The van der Waals surface area contributed by atoms with Crippen molar-refractivity contribution in [2.24, 2.45) is 0 Å². The minimum absolute atomic E-state index is 0.211. The highest BCUT2D eigenvalue weighted by molar-refractivity contribution is 5.90. The second-order valence-electron chi connectivity index (χ2n) is 9.12. The Morgan fingerprint density at radius 1 is 0.649 bits per heavy atom. The topological polar surface area (TPSA) is 102 Å². The first-order chi connectivity index (χ1) is 18.0. The predicted molar refractivity (Wildman–Crippen MR) is 133 cm³/mol. The van der Waals surface area contributed by atoms with Crippen LogP contribution in [0, 0.1) is 0 Å². The van der Waals surface area contributed by atoms with E-state index in [-0.39, 0.29) is 6.54 Å². The number of ether oxygens (including phenoxy) is 3. The molecule has 0 aromatic heterocycles. The van der Waals surface area contributed by atoms with Gasteiger partial charge in [-0.3, -0.25) is 4.90 Å². The fourth-order valence-corrected chi connectivity index (χ4v) is 4.93. The van der Waals surface area contributed by atoms with Crippen molar-refractivity contribution in [2.75, 3.05) is 13.1 Å². The van der Waals surface area contributed by atoms with Gasteiger partial charge in [0.2, 0.25) is 0 Å². The molecule has 3 aromatic carbocycles. The van der Waals surface area contributed by atoms with Gasteiger partial charge in [-0.2, -0.15) is 0 Å². The smallest absolute Gasteiger partial charge is 0.338 e. The van der Waals surface area contributed by atoms with Gasteiger partial charge >= 0.3 is 17.9 Å². The molecule has 3 aromatic rings. The number of carbonyl (C=O) groups is 3. The Bertz CT molecular complexity index is 1180. The maximum atomic E-state index is 13.0. The summed E-state index contributed by atoms with van der Waals surface area (Å²) in [4.78, 5) is 40.5. The number of hydrogen-bond donors (Lipinski definition) is 1. The number of hydrogen-bond acceptors (Lipinski definition) is 8. The lowest BCUT2D eigenvalue weighted by Crippen LogP contribution is -2.63. The summed E-state index contributed by atoms with van der Waals surface area (Å²) in [5.41, 5.74) is 1.08. The van der Waals surface area contributed by atoms with Crippen LogP contribution in [0.2, 0.25) is 0 Å². The van der Waals surface area contributed by atoms with E-state index in [9.17, 15) is 19.5 Å². The number of nitrogens with zero attached hydrogens (tertiary/aromatic N) is 1. The first-order valence-electron chi connectivity index (χ1n) is 12.2. The number of fused-ring (bicyclic) bond motifs is 1. The molecule has 2 aliphatic rings. The van der Waals surface area contributed by atoms with Crippen LogP contribution in [0.5, 0.6) is 0 Å². The number of aliphatic hydroxyl groups excluding tert-OH is 1. The highest BCUT2D eigenvalue weighted by Crippen LogP contribution is 2.34. The van der Waals surface area contributed by atoms with E-state index < -0.39 is 48.4 Å². The van der Waals surface area contributed by atoms with Crippen molar-refractivity contribution in [2.45, 2.75) is 36.9 Å². The first-order valence-corrected chi connectivity index (χ1v) is 12.2. The van der Waals surface area contributed by atoms with Gasteiger partial charge in [0, 0.05) is 13.1 Å². The van der Waals surface area contributed by atoms with Crippen molar-refractivity contribution in [1.82, 2.24) is 4.90 Å². The molecule has 0 saturated carbocycles. The van der Waals surface area contributed by atoms with Crippen LogP contribution in [0.1, 0.15) is 37.5 Å². The van der Waals surface area contributed by atoms with Crippen LogP contribution in [-0.2, 0) is 14.2 Å². The van der Waals surface area contributed by atoms with Crippen LogP contribution in [0.3, 0.4) is 0 Å². The van der Waals surface area contributed by atoms with E-state index >= 15 is 0 Å². The molecule has 0 amide bonds. The van der Waals surface area contributed by atoms with Gasteiger partial charge in [-0.15, -0.1) is 0 Å². The Morgan fingerprint density at radius 2 is 1.08 bits per heavy atom. The van der Waals surface area contributed by atoms with Gasteiger partial charge in [0.25, 0.3) is 0 Å². The van der Waals surface area contributed by atoms with Crippen molar-refractivity contribution in [1.29, 1.82) is 0 Å². The predicted octanol–water partition coefficient (Wildman–Crippen LogP) is 3.11. The van der Waals surface area contributed by atoms with Gasteiger partial charge in [-0.1, -0.05) is 54.6 Å². The zero-order valence-corrected chi connectivity index (χ0v) is 20.0. The molecule has 0 bridgehead atoms. The zero-order valence-electron chi connectivity index (χ0n) is 20.0. The molecule has 0 unspecified atom stereocenters. The third-order valence-corrected chi connectivity index (χ3v) is 6.76.